The molecular formula is C10H13Cl2N. The van der Waals surface area contributed by atoms with Crippen LogP contribution in [0.2, 0.25) is 5.02 Å². The van der Waals surface area contributed by atoms with E-state index in [-0.39, 0.29) is 12.4 Å². The summed E-state index contributed by atoms with van der Waals surface area (Å²) in [5, 5.41) is 4.29. The van der Waals surface area contributed by atoms with Crippen molar-refractivity contribution in [2.45, 2.75) is 19.4 Å². The van der Waals surface area contributed by atoms with E-state index in [9.17, 15) is 0 Å². The van der Waals surface area contributed by atoms with E-state index < -0.39 is 0 Å². The standard InChI is InChI=1S/C10H12ClN.ClH/c1-7-10-8(5-6-12-7)3-2-4-9(10)11;/h2-4,7,12H,5-6H2,1H3;1H. The molecule has 0 spiro atoms. The predicted molar refractivity (Wildman–Crippen MR) is 58.8 cm³/mol. The van der Waals surface area contributed by atoms with Crippen molar-refractivity contribution < 1.29 is 0 Å². The zero-order valence-corrected chi connectivity index (χ0v) is 9.08. The monoisotopic (exact) mass is 217 g/mol. The average molecular weight is 218 g/mol. The van der Waals surface area contributed by atoms with Gasteiger partial charge in [0.05, 0.1) is 0 Å². The van der Waals surface area contributed by atoms with Crippen molar-refractivity contribution in [2.24, 2.45) is 0 Å². The number of nitrogens with one attached hydrogen (secondary N) is 1. The Labute approximate surface area is 89.9 Å². The van der Waals surface area contributed by atoms with Gasteiger partial charge in [-0.25, -0.2) is 0 Å². The third-order valence-electron chi connectivity index (χ3n) is 2.42. The molecule has 1 aromatic carbocycles. The van der Waals surface area contributed by atoms with Crippen molar-refractivity contribution in [3.63, 3.8) is 0 Å². The van der Waals surface area contributed by atoms with Gasteiger partial charge in [-0.3, -0.25) is 0 Å². The van der Waals surface area contributed by atoms with Gasteiger partial charge in [0.15, 0.2) is 0 Å². The van der Waals surface area contributed by atoms with E-state index in [1.54, 1.807) is 0 Å². The molecule has 0 aromatic heterocycles. The fourth-order valence-electron chi connectivity index (χ4n) is 1.81. The van der Waals surface area contributed by atoms with Crippen LogP contribution < -0.4 is 5.32 Å². The first kappa shape index (κ1) is 10.8. The molecule has 1 aliphatic rings. The molecule has 2 rings (SSSR count). The van der Waals surface area contributed by atoms with E-state index in [0.717, 1.165) is 18.0 Å². The minimum absolute atomic E-state index is 0. The smallest absolute Gasteiger partial charge is 0.0456 e. The van der Waals surface area contributed by atoms with E-state index >= 15 is 0 Å². The molecule has 72 valence electrons. The minimum Gasteiger partial charge on any atom is -0.310 e. The lowest BCUT2D eigenvalue weighted by atomic mass is 9.95. The molecular weight excluding hydrogens is 205 g/mol. The number of rotatable bonds is 0. The van der Waals surface area contributed by atoms with Crippen LogP contribution in [-0.4, -0.2) is 6.54 Å². The maximum Gasteiger partial charge on any atom is 0.0456 e. The third-order valence-corrected chi connectivity index (χ3v) is 2.75. The van der Waals surface area contributed by atoms with Gasteiger partial charge in [0.25, 0.3) is 0 Å². The molecule has 0 fully saturated rings. The van der Waals surface area contributed by atoms with Gasteiger partial charge in [0, 0.05) is 11.1 Å². The molecule has 1 heterocycles. The summed E-state index contributed by atoms with van der Waals surface area (Å²) in [5.41, 5.74) is 2.68. The van der Waals surface area contributed by atoms with Gasteiger partial charge in [-0.2, -0.15) is 0 Å². The summed E-state index contributed by atoms with van der Waals surface area (Å²) in [5.74, 6) is 0. The molecule has 1 aromatic rings. The highest BCUT2D eigenvalue weighted by molar-refractivity contribution is 6.31. The van der Waals surface area contributed by atoms with Crippen LogP contribution in [0.4, 0.5) is 0 Å². The fraction of sp³-hybridized carbons (Fsp3) is 0.400. The van der Waals surface area contributed by atoms with Crippen molar-refractivity contribution in [3.05, 3.63) is 34.3 Å². The van der Waals surface area contributed by atoms with Crippen LogP contribution in [0, 0.1) is 0 Å². The molecule has 1 N–H and O–H groups in total. The predicted octanol–water partition coefficient (Wildman–Crippen LogP) is 2.97. The maximum atomic E-state index is 6.10. The van der Waals surface area contributed by atoms with E-state index in [2.05, 4.69) is 18.3 Å². The molecule has 1 atom stereocenters. The Morgan fingerprint density at radius 3 is 2.92 bits per heavy atom. The van der Waals surface area contributed by atoms with Crippen LogP contribution in [0.1, 0.15) is 24.1 Å². The summed E-state index contributed by atoms with van der Waals surface area (Å²) in [4.78, 5) is 0. The molecule has 0 saturated heterocycles. The SMILES string of the molecule is CC1NCCc2cccc(Cl)c21.Cl. The Kier molecular flexibility index (Phi) is 3.60. The van der Waals surface area contributed by atoms with Crippen LogP contribution in [0.15, 0.2) is 18.2 Å². The zero-order chi connectivity index (χ0) is 8.55. The van der Waals surface area contributed by atoms with Crippen LogP contribution in [0.25, 0.3) is 0 Å². The van der Waals surface area contributed by atoms with Crippen LogP contribution in [0.3, 0.4) is 0 Å². The molecule has 0 bridgehead atoms. The van der Waals surface area contributed by atoms with Crippen molar-refractivity contribution in [2.75, 3.05) is 6.54 Å². The second kappa shape index (κ2) is 4.32. The first-order valence-electron chi connectivity index (χ1n) is 4.29. The molecule has 3 heteroatoms. The summed E-state index contributed by atoms with van der Waals surface area (Å²) >= 11 is 6.10. The van der Waals surface area contributed by atoms with Gasteiger partial charge in [0.2, 0.25) is 0 Å². The number of halogens is 2. The number of hydrogen-bond acceptors (Lipinski definition) is 1. The van der Waals surface area contributed by atoms with Crippen LogP contribution in [0.5, 0.6) is 0 Å². The average Bonchev–Trinajstić information content (AvgIpc) is 2.04. The van der Waals surface area contributed by atoms with Crippen LogP contribution >= 0.6 is 24.0 Å². The largest absolute Gasteiger partial charge is 0.310 e. The highest BCUT2D eigenvalue weighted by Gasteiger charge is 2.17. The van der Waals surface area contributed by atoms with Gasteiger partial charge in [-0.1, -0.05) is 23.7 Å². The van der Waals surface area contributed by atoms with Crippen molar-refractivity contribution in [1.29, 1.82) is 0 Å². The topological polar surface area (TPSA) is 12.0 Å². The van der Waals surface area contributed by atoms with Gasteiger partial charge in [-0.15, -0.1) is 12.4 Å². The van der Waals surface area contributed by atoms with E-state index in [1.165, 1.54) is 11.1 Å². The number of benzene rings is 1. The van der Waals surface area contributed by atoms with Gasteiger partial charge < -0.3 is 5.32 Å². The second-order valence-corrected chi connectivity index (χ2v) is 3.65. The summed E-state index contributed by atoms with van der Waals surface area (Å²) in [7, 11) is 0. The van der Waals surface area contributed by atoms with Gasteiger partial charge >= 0.3 is 0 Å². The first-order chi connectivity index (χ1) is 5.79. The Morgan fingerprint density at radius 1 is 1.46 bits per heavy atom. The number of hydrogen-bond donors (Lipinski definition) is 1. The Hall–Kier alpha value is -0.240. The van der Waals surface area contributed by atoms with Crippen molar-refractivity contribution >= 4 is 24.0 Å². The van der Waals surface area contributed by atoms with Crippen molar-refractivity contribution in [3.8, 4) is 0 Å². The molecule has 1 unspecified atom stereocenters. The minimum atomic E-state index is 0. The van der Waals surface area contributed by atoms with E-state index in [0.29, 0.717) is 6.04 Å². The lowest BCUT2D eigenvalue weighted by molar-refractivity contribution is 0.541. The molecule has 0 amide bonds. The highest BCUT2D eigenvalue weighted by Crippen LogP contribution is 2.29. The fourth-order valence-corrected chi connectivity index (χ4v) is 2.17. The summed E-state index contributed by atoms with van der Waals surface area (Å²) in [6.07, 6.45) is 1.10. The van der Waals surface area contributed by atoms with Gasteiger partial charge in [-0.05, 0) is 37.1 Å². The number of fused-ring (bicyclic) bond motifs is 1. The molecule has 0 aliphatic carbocycles. The van der Waals surface area contributed by atoms with E-state index in [1.807, 2.05) is 12.1 Å². The van der Waals surface area contributed by atoms with E-state index in [4.69, 9.17) is 11.6 Å². The maximum absolute atomic E-state index is 6.10. The molecule has 1 aliphatic heterocycles. The zero-order valence-electron chi connectivity index (χ0n) is 7.51. The summed E-state index contributed by atoms with van der Waals surface area (Å²) < 4.78 is 0. The Morgan fingerprint density at radius 2 is 2.23 bits per heavy atom. The molecule has 13 heavy (non-hydrogen) atoms. The normalized spacial score (nSPS) is 20.3. The Bertz CT molecular complexity index is 299. The second-order valence-electron chi connectivity index (χ2n) is 3.24. The molecule has 1 nitrogen and oxygen atoms in total. The summed E-state index contributed by atoms with van der Waals surface area (Å²) in [6.45, 7) is 3.22. The first-order valence-corrected chi connectivity index (χ1v) is 4.67. The molecule has 0 radical (unpaired) electrons. The molecule has 0 saturated carbocycles. The quantitative estimate of drug-likeness (QED) is 0.705. The lowest BCUT2D eigenvalue weighted by Gasteiger charge is -2.24. The summed E-state index contributed by atoms with van der Waals surface area (Å²) in [6, 6.07) is 6.56. The third kappa shape index (κ3) is 1.98. The lowest BCUT2D eigenvalue weighted by Crippen LogP contribution is -2.27. The Balaban J connectivity index is 0.000000845. The van der Waals surface area contributed by atoms with Crippen molar-refractivity contribution in [1.82, 2.24) is 5.32 Å². The highest BCUT2D eigenvalue weighted by atomic mass is 35.5. The van der Waals surface area contributed by atoms with Gasteiger partial charge in [0.1, 0.15) is 0 Å². The van der Waals surface area contributed by atoms with Crippen LogP contribution in [-0.2, 0) is 6.42 Å².